The van der Waals surface area contributed by atoms with E-state index in [9.17, 15) is 4.39 Å². The van der Waals surface area contributed by atoms with E-state index in [0.717, 1.165) is 28.3 Å². The Labute approximate surface area is 149 Å². The van der Waals surface area contributed by atoms with Crippen LogP contribution in [-0.4, -0.2) is 25.0 Å². The summed E-state index contributed by atoms with van der Waals surface area (Å²) in [5.41, 5.74) is 3.79. The Kier molecular flexibility index (Phi) is 4.53. The van der Waals surface area contributed by atoms with Crippen molar-refractivity contribution in [3.8, 4) is 16.9 Å². The molecule has 7 heteroatoms. The van der Waals surface area contributed by atoms with Crippen LogP contribution in [0.5, 0.6) is 0 Å². The number of aromatic nitrogens is 5. The molecule has 2 N–H and O–H groups in total. The second-order valence-electron chi connectivity index (χ2n) is 5.83. The van der Waals surface area contributed by atoms with Crippen LogP contribution in [-0.2, 0) is 13.1 Å². The number of aromatic amines is 1. The highest BCUT2D eigenvalue weighted by atomic mass is 19.1. The Balaban J connectivity index is 1.45. The lowest BCUT2D eigenvalue weighted by Gasteiger charge is -2.08. The fourth-order valence-corrected chi connectivity index (χ4v) is 2.80. The van der Waals surface area contributed by atoms with Crippen LogP contribution in [0.2, 0.25) is 0 Å². The van der Waals surface area contributed by atoms with E-state index in [0.29, 0.717) is 13.1 Å². The Morgan fingerprint density at radius 3 is 2.62 bits per heavy atom. The number of hydrogen-bond acceptors (Lipinski definition) is 4. The van der Waals surface area contributed by atoms with E-state index < -0.39 is 0 Å². The highest BCUT2D eigenvalue weighted by Gasteiger charge is 2.09. The lowest BCUT2D eigenvalue weighted by Crippen LogP contribution is -2.16. The predicted octanol–water partition coefficient (Wildman–Crippen LogP) is 3.09. The summed E-state index contributed by atoms with van der Waals surface area (Å²) >= 11 is 0. The molecule has 0 amide bonds. The van der Waals surface area contributed by atoms with Gasteiger partial charge in [0.15, 0.2) is 5.82 Å². The lowest BCUT2D eigenvalue weighted by molar-refractivity contribution is 0.628. The standard InChI is InChI=1S/C19H17FN6/c20-16-8-6-14(7-9-16)19-15(11-22-25-19)10-21-12-18-24-23-13-26(18)17-4-2-1-3-5-17/h1-9,11,13,21H,10,12H2,(H,22,25). The van der Waals surface area contributed by atoms with Gasteiger partial charge >= 0.3 is 0 Å². The Bertz CT molecular complexity index is 975. The summed E-state index contributed by atoms with van der Waals surface area (Å²) in [7, 11) is 0. The van der Waals surface area contributed by atoms with Crippen LogP contribution < -0.4 is 5.32 Å². The average molecular weight is 348 g/mol. The zero-order valence-corrected chi connectivity index (χ0v) is 13.9. The van der Waals surface area contributed by atoms with Crippen LogP contribution in [0.3, 0.4) is 0 Å². The fraction of sp³-hybridized carbons (Fsp3) is 0.105. The lowest BCUT2D eigenvalue weighted by atomic mass is 10.1. The summed E-state index contributed by atoms with van der Waals surface area (Å²) in [6.45, 7) is 1.16. The summed E-state index contributed by atoms with van der Waals surface area (Å²) in [6, 6.07) is 16.3. The van der Waals surface area contributed by atoms with Crippen molar-refractivity contribution in [3.63, 3.8) is 0 Å². The van der Waals surface area contributed by atoms with Gasteiger partial charge in [0.05, 0.1) is 18.4 Å². The van der Waals surface area contributed by atoms with Crippen LogP contribution in [0.15, 0.2) is 67.1 Å². The first kappa shape index (κ1) is 16.2. The van der Waals surface area contributed by atoms with E-state index >= 15 is 0 Å². The molecule has 0 spiro atoms. The van der Waals surface area contributed by atoms with Crippen molar-refractivity contribution in [2.45, 2.75) is 13.1 Å². The van der Waals surface area contributed by atoms with Gasteiger partial charge in [0.2, 0.25) is 0 Å². The maximum absolute atomic E-state index is 13.1. The quantitative estimate of drug-likeness (QED) is 0.562. The summed E-state index contributed by atoms with van der Waals surface area (Å²) < 4.78 is 15.1. The molecule has 0 aliphatic carbocycles. The summed E-state index contributed by atoms with van der Waals surface area (Å²) in [4.78, 5) is 0. The Hall–Kier alpha value is -3.32. The van der Waals surface area contributed by atoms with Crippen LogP contribution in [0, 0.1) is 5.82 Å². The molecule has 2 heterocycles. The Morgan fingerprint density at radius 2 is 1.81 bits per heavy atom. The monoisotopic (exact) mass is 348 g/mol. The summed E-state index contributed by atoms with van der Waals surface area (Å²) in [6.07, 6.45) is 3.47. The number of halogens is 1. The van der Waals surface area contributed by atoms with E-state index in [4.69, 9.17) is 0 Å². The number of benzene rings is 2. The molecule has 2 aromatic heterocycles. The highest BCUT2D eigenvalue weighted by Crippen LogP contribution is 2.21. The van der Waals surface area contributed by atoms with Crippen LogP contribution in [0.4, 0.5) is 4.39 Å². The number of rotatable bonds is 6. The molecular weight excluding hydrogens is 331 g/mol. The minimum atomic E-state index is -0.256. The molecule has 0 saturated heterocycles. The van der Waals surface area contributed by atoms with Gasteiger partial charge in [-0.15, -0.1) is 10.2 Å². The molecule has 130 valence electrons. The van der Waals surface area contributed by atoms with Gasteiger partial charge in [-0.25, -0.2) is 4.39 Å². The van der Waals surface area contributed by atoms with Gasteiger partial charge in [-0.3, -0.25) is 9.67 Å². The highest BCUT2D eigenvalue weighted by molar-refractivity contribution is 5.62. The van der Waals surface area contributed by atoms with E-state index in [1.165, 1.54) is 12.1 Å². The molecule has 0 aliphatic heterocycles. The first-order valence-electron chi connectivity index (χ1n) is 8.24. The van der Waals surface area contributed by atoms with Gasteiger partial charge in [0.25, 0.3) is 0 Å². The zero-order valence-electron chi connectivity index (χ0n) is 13.9. The molecule has 0 unspecified atom stereocenters. The van der Waals surface area contributed by atoms with Crippen molar-refractivity contribution in [3.05, 3.63) is 84.3 Å². The van der Waals surface area contributed by atoms with Crippen molar-refractivity contribution in [1.29, 1.82) is 0 Å². The molecular formula is C19H17FN6. The van der Waals surface area contributed by atoms with Gasteiger partial charge in [-0.05, 0) is 36.4 Å². The molecule has 6 nitrogen and oxygen atoms in total. The van der Waals surface area contributed by atoms with E-state index in [2.05, 4.69) is 25.7 Å². The number of nitrogens with zero attached hydrogens (tertiary/aromatic N) is 4. The summed E-state index contributed by atoms with van der Waals surface area (Å²) in [5, 5.41) is 18.6. The largest absolute Gasteiger partial charge is 0.306 e. The maximum Gasteiger partial charge on any atom is 0.151 e. The van der Waals surface area contributed by atoms with Crippen molar-refractivity contribution in [2.75, 3.05) is 0 Å². The minimum Gasteiger partial charge on any atom is -0.306 e. The normalized spacial score (nSPS) is 11.0. The maximum atomic E-state index is 13.1. The molecule has 0 fully saturated rings. The molecule has 0 aliphatic rings. The first-order valence-corrected chi connectivity index (χ1v) is 8.24. The Morgan fingerprint density at radius 1 is 1.00 bits per heavy atom. The van der Waals surface area contributed by atoms with Gasteiger partial charge in [-0.2, -0.15) is 5.10 Å². The van der Waals surface area contributed by atoms with Crippen LogP contribution in [0.1, 0.15) is 11.4 Å². The molecule has 0 radical (unpaired) electrons. The SMILES string of the molecule is Fc1ccc(-c2[nH]ncc2CNCc2nncn2-c2ccccc2)cc1. The van der Waals surface area contributed by atoms with E-state index in [1.54, 1.807) is 24.7 Å². The van der Waals surface area contributed by atoms with Gasteiger partial charge in [0.1, 0.15) is 12.1 Å². The van der Waals surface area contributed by atoms with Gasteiger partial charge in [0, 0.05) is 23.4 Å². The van der Waals surface area contributed by atoms with Gasteiger partial charge in [-0.1, -0.05) is 18.2 Å². The third-order valence-electron chi connectivity index (χ3n) is 4.10. The molecule has 4 aromatic rings. The molecule has 0 bridgehead atoms. The van der Waals surface area contributed by atoms with Crippen molar-refractivity contribution >= 4 is 0 Å². The number of hydrogen-bond donors (Lipinski definition) is 2. The van der Waals surface area contributed by atoms with Crippen LogP contribution >= 0.6 is 0 Å². The predicted molar refractivity (Wildman–Crippen MR) is 95.9 cm³/mol. The van der Waals surface area contributed by atoms with Crippen molar-refractivity contribution in [2.24, 2.45) is 0 Å². The van der Waals surface area contributed by atoms with E-state index in [-0.39, 0.29) is 5.82 Å². The molecule has 0 saturated carbocycles. The average Bonchev–Trinajstić information content (AvgIpc) is 3.33. The third kappa shape index (κ3) is 3.38. The number of H-pyrrole nitrogens is 1. The van der Waals surface area contributed by atoms with E-state index in [1.807, 2.05) is 34.9 Å². The second-order valence-corrected chi connectivity index (χ2v) is 5.83. The molecule has 26 heavy (non-hydrogen) atoms. The topological polar surface area (TPSA) is 71.4 Å². The van der Waals surface area contributed by atoms with Crippen molar-refractivity contribution < 1.29 is 4.39 Å². The second kappa shape index (κ2) is 7.28. The minimum absolute atomic E-state index is 0.256. The molecule has 0 atom stereocenters. The molecule has 4 rings (SSSR count). The zero-order chi connectivity index (χ0) is 17.8. The number of para-hydroxylation sites is 1. The fourth-order valence-electron chi connectivity index (χ4n) is 2.80. The molecule has 2 aromatic carbocycles. The smallest absolute Gasteiger partial charge is 0.151 e. The number of nitrogens with one attached hydrogen (secondary N) is 2. The van der Waals surface area contributed by atoms with Crippen molar-refractivity contribution in [1.82, 2.24) is 30.3 Å². The first-order chi connectivity index (χ1) is 12.8. The summed E-state index contributed by atoms with van der Waals surface area (Å²) in [5.74, 6) is 0.566. The third-order valence-corrected chi connectivity index (χ3v) is 4.10. The van der Waals surface area contributed by atoms with Gasteiger partial charge < -0.3 is 5.32 Å². The van der Waals surface area contributed by atoms with Crippen LogP contribution in [0.25, 0.3) is 16.9 Å².